The molecule has 182 valence electrons. The lowest BCUT2D eigenvalue weighted by Crippen LogP contribution is -2.35. The normalized spacial score (nSPS) is 17.6. The maximum absolute atomic E-state index is 13.8. The van der Waals surface area contributed by atoms with Gasteiger partial charge in [-0.3, -0.25) is 14.3 Å². The Bertz CT molecular complexity index is 1430. The van der Waals surface area contributed by atoms with E-state index in [0.29, 0.717) is 17.1 Å². The number of fused-ring (bicyclic) bond motifs is 1. The van der Waals surface area contributed by atoms with E-state index in [1.807, 2.05) is 6.07 Å². The highest BCUT2D eigenvalue weighted by Gasteiger charge is 2.47. The third-order valence-electron chi connectivity index (χ3n) is 6.10. The zero-order valence-corrected chi connectivity index (χ0v) is 18.7. The first-order valence-corrected chi connectivity index (χ1v) is 10.8. The van der Waals surface area contributed by atoms with E-state index >= 15 is 0 Å². The molecule has 35 heavy (non-hydrogen) atoms. The highest BCUT2D eigenvalue weighted by molar-refractivity contribution is 6.03. The maximum Gasteiger partial charge on any atom is 0.410 e. The minimum Gasteiger partial charge on any atom is -0.467 e. The van der Waals surface area contributed by atoms with Crippen LogP contribution in [0, 0.1) is 6.92 Å². The fraction of sp³-hybridized carbons (Fsp3) is 0.261. The van der Waals surface area contributed by atoms with Crippen LogP contribution in [0.15, 0.2) is 64.0 Å². The lowest BCUT2D eigenvalue weighted by Gasteiger charge is -2.32. The zero-order chi connectivity index (χ0) is 24.9. The van der Waals surface area contributed by atoms with E-state index in [1.54, 1.807) is 55.1 Å². The number of benzene rings is 1. The molecule has 2 N–H and O–H groups in total. The van der Waals surface area contributed by atoms with Crippen molar-refractivity contribution < 1.29 is 22.4 Å². The van der Waals surface area contributed by atoms with Gasteiger partial charge in [-0.25, -0.2) is 9.36 Å². The number of nitrogens with zero attached hydrogens (tertiary/aromatic N) is 4. The molecule has 0 radical (unpaired) electrons. The van der Waals surface area contributed by atoms with Gasteiger partial charge in [0.25, 0.3) is 11.5 Å². The monoisotopic (exact) mass is 486 g/mol. The summed E-state index contributed by atoms with van der Waals surface area (Å²) < 4.78 is 50.5. The van der Waals surface area contributed by atoms with Gasteiger partial charge in [0.2, 0.25) is 0 Å². The SMILES string of the molecule is Cc1c(NC(=O)c2cc3n(n2)[C@H](C(F)(F)F)C[C@@H](c2ccco2)N3)c(=O)n(-c2ccccc2)n1C. The van der Waals surface area contributed by atoms with E-state index < -0.39 is 29.7 Å². The molecule has 0 fully saturated rings. The number of rotatable bonds is 4. The van der Waals surface area contributed by atoms with Gasteiger partial charge in [-0.1, -0.05) is 18.2 Å². The molecule has 4 heterocycles. The van der Waals surface area contributed by atoms with Crippen LogP contribution in [0.5, 0.6) is 0 Å². The molecular formula is C23H21F3N6O3. The predicted octanol–water partition coefficient (Wildman–Crippen LogP) is 4.19. The summed E-state index contributed by atoms with van der Waals surface area (Å²) in [6.45, 7) is 1.66. The smallest absolute Gasteiger partial charge is 0.410 e. The van der Waals surface area contributed by atoms with Gasteiger partial charge in [-0.15, -0.1) is 0 Å². The first kappa shape index (κ1) is 22.6. The number of furan rings is 1. The van der Waals surface area contributed by atoms with Crippen molar-refractivity contribution in [2.45, 2.75) is 31.6 Å². The molecule has 5 rings (SSSR count). The van der Waals surface area contributed by atoms with E-state index in [2.05, 4.69) is 15.7 Å². The van der Waals surface area contributed by atoms with Crippen LogP contribution in [0.3, 0.4) is 0 Å². The second kappa shape index (κ2) is 8.22. The van der Waals surface area contributed by atoms with Crippen molar-refractivity contribution in [2.24, 2.45) is 7.05 Å². The molecule has 1 amide bonds. The van der Waals surface area contributed by atoms with Crippen molar-refractivity contribution in [3.8, 4) is 5.69 Å². The molecule has 12 heteroatoms. The van der Waals surface area contributed by atoms with Gasteiger partial charge < -0.3 is 15.1 Å². The fourth-order valence-electron chi connectivity index (χ4n) is 4.25. The highest BCUT2D eigenvalue weighted by atomic mass is 19.4. The quantitative estimate of drug-likeness (QED) is 0.451. The van der Waals surface area contributed by atoms with Crippen LogP contribution >= 0.6 is 0 Å². The van der Waals surface area contributed by atoms with Gasteiger partial charge in [0.15, 0.2) is 11.7 Å². The summed E-state index contributed by atoms with van der Waals surface area (Å²) in [5.41, 5.74) is 0.358. The molecule has 4 aromatic rings. The largest absolute Gasteiger partial charge is 0.467 e. The molecule has 0 saturated heterocycles. The summed E-state index contributed by atoms with van der Waals surface area (Å²) in [5, 5.41) is 9.42. The molecule has 1 aromatic carbocycles. The van der Waals surface area contributed by atoms with Crippen molar-refractivity contribution in [2.75, 3.05) is 10.6 Å². The van der Waals surface area contributed by atoms with Crippen LogP contribution in [0.25, 0.3) is 5.69 Å². The Morgan fingerprint density at radius 2 is 1.94 bits per heavy atom. The van der Waals surface area contributed by atoms with Crippen molar-refractivity contribution in [1.29, 1.82) is 0 Å². The Labute approximate surface area is 196 Å². The number of para-hydroxylation sites is 1. The van der Waals surface area contributed by atoms with E-state index in [-0.39, 0.29) is 23.6 Å². The van der Waals surface area contributed by atoms with E-state index in [0.717, 1.165) is 4.68 Å². The lowest BCUT2D eigenvalue weighted by molar-refractivity contribution is -0.174. The number of anilines is 2. The van der Waals surface area contributed by atoms with Crippen LogP contribution in [0.1, 0.15) is 40.4 Å². The number of halogens is 3. The molecule has 9 nitrogen and oxygen atoms in total. The molecule has 0 unspecified atom stereocenters. The Kier molecular flexibility index (Phi) is 5.30. The molecule has 0 saturated carbocycles. The molecular weight excluding hydrogens is 465 g/mol. The third-order valence-corrected chi connectivity index (χ3v) is 6.10. The van der Waals surface area contributed by atoms with Crippen molar-refractivity contribution in [1.82, 2.24) is 19.1 Å². The van der Waals surface area contributed by atoms with Gasteiger partial charge in [-0.2, -0.15) is 18.3 Å². The van der Waals surface area contributed by atoms with E-state index in [1.165, 1.54) is 17.0 Å². The molecule has 0 bridgehead atoms. The number of carbonyl (C=O) groups is 1. The lowest BCUT2D eigenvalue weighted by atomic mass is 10.0. The Balaban J connectivity index is 1.47. The van der Waals surface area contributed by atoms with Crippen LogP contribution in [-0.2, 0) is 7.05 Å². The Morgan fingerprint density at radius 1 is 1.20 bits per heavy atom. The van der Waals surface area contributed by atoms with Gasteiger partial charge >= 0.3 is 6.18 Å². The standard InChI is InChI=1S/C23H21F3N6O3/c1-13-20(22(34)32(30(13)2)14-7-4-3-5-8-14)28-21(33)16-12-19-27-15(17-9-6-10-35-17)11-18(23(24,25)26)31(19)29-16/h3-10,12,15,18,27H,11H2,1-2H3,(H,28,33)/t15-,18-/m0/s1. The number of alkyl halides is 3. The Hall–Kier alpha value is -4.22. The number of aromatic nitrogens is 4. The summed E-state index contributed by atoms with van der Waals surface area (Å²) in [6.07, 6.45) is -3.57. The van der Waals surface area contributed by atoms with Gasteiger partial charge in [0, 0.05) is 19.5 Å². The molecule has 0 aliphatic carbocycles. The number of hydrogen-bond acceptors (Lipinski definition) is 5. The number of carbonyl (C=O) groups excluding carboxylic acids is 1. The number of amides is 1. The third kappa shape index (κ3) is 3.90. The molecule has 0 spiro atoms. The first-order chi connectivity index (χ1) is 16.6. The highest BCUT2D eigenvalue weighted by Crippen LogP contribution is 2.43. The minimum absolute atomic E-state index is 0.0149. The number of hydrogen-bond donors (Lipinski definition) is 2. The molecule has 3 aromatic heterocycles. The predicted molar refractivity (Wildman–Crippen MR) is 121 cm³/mol. The fourth-order valence-corrected chi connectivity index (χ4v) is 4.25. The summed E-state index contributed by atoms with van der Waals surface area (Å²) in [5.74, 6) is -0.425. The van der Waals surface area contributed by atoms with Crippen molar-refractivity contribution in [3.05, 3.63) is 82.3 Å². The second-order valence-corrected chi connectivity index (χ2v) is 8.26. The van der Waals surface area contributed by atoms with Crippen molar-refractivity contribution >= 4 is 17.4 Å². The second-order valence-electron chi connectivity index (χ2n) is 8.26. The van der Waals surface area contributed by atoms with Crippen molar-refractivity contribution in [3.63, 3.8) is 0 Å². The summed E-state index contributed by atoms with van der Waals surface area (Å²) >= 11 is 0. The summed E-state index contributed by atoms with van der Waals surface area (Å²) in [4.78, 5) is 26.0. The van der Waals surface area contributed by atoms with Gasteiger partial charge in [-0.05, 0) is 31.2 Å². The van der Waals surface area contributed by atoms with E-state index in [4.69, 9.17) is 4.42 Å². The topological polar surface area (TPSA) is 99.0 Å². The van der Waals surface area contributed by atoms with Crippen LogP contribution in [0.2, 0.25) is 0 Å². The van der Waals surface area contributed by atoms with E-state index in [9.17, 15) is 22.8 Å². The number of nitrogens with one attached hydrogen (secondary N) is 2. The Morgan fingerprint density at radius 3 is 2.60 bits per heavy atom. The van der Waals surface area contributed by atoms with Gasteiger partial charge in [0.1, 0.15) is 17.3 Å². The van der Waals surface area contributed by atoms with Gasteiger partial charge in [0.05, 0.1) is 23.7 Å². The first-order valence-electron chi connectivity index (χ1n) is 10.8. The minimum atomic E-state index is -4.60. The summed E-state index contributed by atoms with van der Waals surface area (Å²) in [7, 11) is 1.67. The van der Waals surface area contributed by atoms with Crippen LogP contribution < -0.4 is 16.2 Å². The molecule has 1 aliphatic heterocycles. The summed E-state index contributed by atoms with van der Waals surface area (Å²) in [6, 6.07) is 10.6. The zero-order valence-electron chi connectivity index (χ0n) is 18.7. The average molecular weight is 486 g/mol. The van der Waals surface area contributed by atoms with Crippen LogP contribution in [-0.4, -0.2) is 31.2 Å². The maximum atomic E-state index is 13.8. The molecule has 1 aliphatic rings. The molecule has 2 atom stereocenters. The van der Waals surface area contributed by atoms with Crippen LogP contribution in [0.4, 0.5) is 24.7 Å². The average Bonchev–Trinajstić information content (AvgIpc) is 3.55.